The molecule has 2 aromatic rings. The Balaban J connectivity index is 1.78. The number of carbonyl (C=O) groups is 1. The third-order valence-corrected chi connectivity index (χ3v) is 6.00. The quantitative estimate of drug-likeness (QED) is 0.684. The number of carbonyl (C=O) groups excluding carboxylic acids is 1. The molecule has 3 rings (SSSR count). The van der Waals surface area contributed by atoms with Crippen LogP contribution in [0.5, 0.6) is 0 Å². The van der Waals surface area contributed by atoms with Crippen LogP contribution in [-0.4, -0.2) is 48.6 Å². The molecule has 0 bridgehead atoms. The number of rotatable bonds is 5. The molecule has 0 spiro atoms. The highest BCUT2D eigenvalue weighted by Crippen LogP contribution is 2.36. The lowest BCUT2D eigenvalue weighted by molar-refractivity contribution is 0.0162. The third kappa shape index (κ3) is 4.86. The Morgan fingerprint density at radius 1 is 1.07 bits per heavy atom. The zero-order chi connectivity index (χ0) is 19.4. The number of nitrogens with one attached hydrogen (secondary N) is 1. The molecule has 1 aromatic heterocycles. The van der Waals surface area contributed by atoms with Gasteiger partial charge in [-0.15, -0.1) is 0 Å². The maximum Gasteiger partial charge on any atom is 0.271 e. The summed E-state index contributed by atoms with van der Waals surface area (Å²) in [6.07, 6.45) is 0. The second-order valence-corrected chi connectivity index (χ2v) is 7.47. The average molecular weight is 449 g/mol. The van der Waals surface area contributed by atoms with E-state index >= 15 is 0 Å². The van der Waals surface area contributed by atoms with Crippen molar-refractivity contribution in [1.82, 2.24) is 15.2 Å². The smallest absolute Gasteiger partial charge is 0.271 e. The zero-order valence-electron chi connectivity index (χ0n) is 14.2. The van der Waals surface area contributed by atoms with Gasteiger partial charge in [-0.3, -0.25) is 9.69 Å². The van der Waals surface area contributed by atoms with Gasteiger partial charge in [-0.1, -0.05) is 76.7 Å². The molecule has 1 N–H and O–H groups in total. The molecule has 1 aliphatic rings. The van der Waals surface area contributed by atoms with Gasteiger partial charge in [-0.25, -0.2) is 4.98 Å². The van der Waals surface area contributed by atoms with Gasteiger partial charge in [0.05, 0.1) is 34.3 Å². The molecule has 0 saturated carbocycles. The molecule has 1 aliphatic heterocycles. The standard InChI is InChI=1S/C18H17Cl4N3O2/c19-13-14(20)16(24-17(22)15(13)21)18(26)23-10-12(11-4-2-1-3-5-11)25-6-8-27-9-7-25/h1-5,12H,6-10H2,(H,23,26). The van der Waals surface area contributed by atoms with E-state index in [2.05, 4.69) is 15.2 Å². The number of pyridine rings is 1. The second-order valence-electron chi connectivity index (χ2n) is 5.98. The van der Waals surface area contributed by atoms with E-state index in [-0.39, 0.29) is 32.0 Å². The fraction of sp³-hybridized carbons (Fsp3) is 0.333. The summed E-state index contributed by atoms with van der Waals surface area (Å²) >= 11 is 24.0. The minimum Gasteiger partial charge on any atom is -0.379 e. The van der Waals surface area contributed by atoms with E-state index in [0.717, 1.165) is 18.7 Å². The van der Waals surface area contributed by atoms with E-state index in [1.165, 1.54) is 0 Å². The van der Waals surface area contributed by atoms with Crippen LogP contribution in [0.15, 0.2) is 30.3 Å². The van der Waals surface area contributed by atoms with Crippen LogP contribution in [0.3, 0.4) is 0 Å². The van der Waals surface area contributed by atoms with Crippen molar-refractivity contribution in [2.45, 2.75) is 6.04 Å². The minimum atomic E-state index is -0.463. The summed E-state index contributed by atoms with van der Waals surface area (Å²) < 4.78 is 5.44. The largest absolute Gasteiger partial charge is 0.379 e. The summed E-state index contributed by atoms with van der Waals surface area (Å²) in [6.45, 7) is 3.26. The molecule has 144 valence electrons. The Bertz CT molecular complexity index is 814. The predicted molar refractivity (Wildman–Crippen MR) is 108 cm³/mol. The van der Waals surface area contributed by atoms with Gasteiger partial charge in [0, 0.05) is 19.6 Å². The maximum absolute atomic E-state index is 12.6. The lowest BCUT2D eigenvalue weighted by atomic mass is 10.0. The summed E-state index contributed by atoms with van der Waals surface area (Å²) in [4.78, 5) is 18.9. The third-order valence-electron chi connectivity index (χ3n) is 4.33. The SMILES string of the molecule is O=C(NCC(c1ccccc1)N1CCOCC1)c1nc(Cl)c(Cl)c(Cl)c1Cl. The fourth-order valence-corrected chi connectivity index (χ4v) is 3.75. The lowest BCUT2D eigenvalue weighted by Gasteiger charge is -2.34. The Morgan fingerprint density at radius 2 is 1.74 bits per heavy atom. The van der Waals surface area contributed by atoms with E-state index in [4.69, 9.17) is 51.1 Å². The topological polar surface area (TPSA) is 54.5 Å². The predicted octanol–water partition coefficient (Wildman–Crippen LogP) is 4.50. The maximum atomic E-state index is 12.6. The molecule has 1 aromatic carbocycles. The Kier molecular flexibility index (Phi) is 7.20. The van der Waals surface area contributed by atoms with E-state index in [0.29, 0.717) is 19.8 Å². The van der Waals surface area contributed by atoms with Crippen molar-refractivity contribution in [1.29, 1.82) is 0 Å². The van der Waals surface area contributed by atoms with Gasteiger partial charge in [0.2, 0.25) is 0 Å². The second kappa shape index (κ2) is 9.41. The van der Waals surface area contributed by atoms with Crippen molar-refractivity contribution in [3.05, 3.63) is 61.8 Å². The molecule has 1 unspecified atom stereocenters. The van der Waals surface area contributed by atoms with E-state index in [1.54, 1.807) is 0 Å². The summed E-state index contributed by atoms with van der Waals surface area (Å²) in [5.41, 5.74) is 1.05. The van der Waals surface area contributed by atoms with E-state index in [1.807, 2.05) is 30.3 Å². The van der Waals surface area contributed by atoms with Crippen LogP contribution in [-0.2, 0) is 4.74 Å². The molecule has 0 radical (unpaired) electrons. The summed E-state index contributed by atoms with van der Waals surface area (Å²) in [5.74, 6) is -0.463. The number of amides is 1. The fourth-order valence-electron chi connectivity index (χ4n) is 2.93. The van der Waals surface area contributed by atoms with Crippen LogP contribution in [0.2, 0.25) is 20.2 Å². The van der Waals surface area contributed by atoms with Gasteiger partial charge in [0.25, 0.3) is 5.91 Å². The molecule has 9 heteroatoms. The highest BCUT2D eigenvalue weighted by Gasteiger charge is 2.25. The van der Waals surface area contributed by atoms with Crippen molar-refractivity contribution in [2.24, 2.45) is 0 Å². The summed E-state index contributed by atoms with van der Waals surface area (Å²) in [6, 6.07) is 9.97. The van der Waals surface area contributed by atoms with Crippen molar-refractivity contribution >= 4 is 52.3 Å². The first-order valence-corrected chi connectivity index (χ1v) is 9.85. The Labute approximate surface area is 177 Å². The first kappa shape index (κ1) is 20.6. The number of aromatic nitrogens is 1. The van der Waals surface area contributed by atoms with Gasteiger partial charge >= 0.3 is 0 Å². The highest BCUT2D eigenvalue weighted by atomic mass is 35.5. The number of nitrogens with zero attached hydrogens (tertiary/aromatic N) is 2. The summed E-state index contributed by atoms with van der Waals surface area (Å²) in [7, 11) is 0. The first-order valence-electron chi connectivity index (χ1n) is 8.34. The Morgan fingerprint density at radius 3 is 2.41 bits per heavy atom. The number of morpholine rings is 1. The summed E-state index contributed by atoms with van der Waals surface area (Å²) in [5, 5.41) is 2.83. The lowest BCUT2D eigenvalue weighted by Crippen LogP contribution is -2.44. The molecular weight excluding hydrogens is 432 g/mol. The van der Waals surface area contributed by atoms with Gasteiger partial charge < -0.3 is 10.1 Å². The number of hydrogen-bond acceptors (Lipinski definition) is 4. The molecule has 1 fully saturated rings. The molecule has 5 nitrogen and oxygen atoms in total. The van der Waals surface area contributed by atoms with Gasteiger partial charge in [-0.05, 0) is 5.56 Å². The first-order chi connectivity index (χ1) is 13.0. The molecule has 1 saturated heterocycles. The van der Waals surface area contributed by atoms with Crippen LogP contribution in [0.25, 0.3) is 0 Å². The minimum absolute atomic E-state index is 0.00364. The van der Waals surface area contributed by atoms with Crippen LogP contribution in [0, 0.1) is 0 Å². The van der Waals surface area contributed by atoms with Crippen molar-refractivity contribution in [3.63, 3.8) is 0 Å². The van der Waals surface area contributed by atoms with Crippen LogP contribution >= 0.6 is 46.4 Å². The molecule has 27 heavy (non-hydrogen) atoms. The number of hydrogen-bond donors (Lipinski definition) is 1. The molecular formula is C18H17Cl4N3O2. The van der Waals surface area contributed by atoms with Crippen LogP contribution < -0.4 is 5.32 Å². The van der Waals surface area contributed by atoms with Crippen LogP contribution in [0.4, 0.5) is 0 Å². The molecule has 1 atom stereocenters. The normalized spacial score (nSPS) is 16.1. The molecule has 1 amide bonds. The van der Waals surface area contributed by atoms with Crippen molar-refractivity contribution in [2.75, 3.05) is 32.8 Å². The monoisotopic (exact) mass is 447 g/mol. The number of ether oxygens (including phenoxy) is 1. The van der Waals surface area contributed by atoms with Crippen molar-refractivity contribution < 1.29 is 9.53 Å². The van der Waals surface area contributed by atoms with E-state index < -0.39 is 5.91 Å². The Hall–Kier alpha value is -1.08. The number of benzene rings is 1. The van der Waals surface area contributed by atoms with Crippen molar-refractivity contribution in [3.8, 4) is 0 Å². The van der Waals surface area contributed by atoms with Gasteiger partial charge in [0.1, 0.15) is 10.8 Å². The van der Waals surface area contributed by atoms with Gasteiger partial charge in [0.15, 0.2) is 0 Å². The average Bonchev–Trinajstić information content (AvgIpc) is 2.70. The zero-order valence-corrected chi connectivity index (χ0v) is 17.2. The van der Waals surface area contributed by atoms with E-state index in [9.17, 15) is 4.79 Å². The highest BCUT2D eigenvalue weighted by molar-refractivity contribution is 6.52. The van der Waals surface area contributed by atoms with Crippen LogP contribution in [0.1, 0.15) is 22.1 Å². The molecule has 2 heterocycles. The molecule has 0 aliphatic carbocycles. The number of halogens is 4. The van der Waals surface area contributed by atoms with Gasteiger partial charge in [-0.2, -0.15) is 0 Å².